The largest absolute Gasteiger partial charge is 0.339 e. The fourth-order valence-corrected chi connectivity index (χ4v) is 4.32. The van der Waals surface area contributed by atoms with Crippen molar-refractivity contribution in [2.24, 2.45) is 5.92 Å². The van der Waals surface area contributed by atoms with Gasteiger partial charge in [-0.3, -0.25) is 4.79 Å². The summed E-state index contributed by atoms with van der Waals surface area (Å²) in [6.07, 6.45) is 1.18. The first kappa shape index (κ1) is 18.1. The Morgan fingerprint density at radius 3 is 2.80 bits per heavy atom. The number of hydrogen-bond donors (Lipinski definition) is 0. The Labute approximate surface area is 154 Å². The van der Waals surface area contributed by atoms with Crippen LogP contribution in [0.1, 0.15) is 34.3 Å². The van der Waals surface area contributed by atoms with E-state index in [2.05, 4.69) is 30.8 Å². The number of likely N-dealkylation sites (tertiary alicyclic amines) is 1. The van der Waals surface area contributed by atoms with Crippen molar-refractivity contribution in [1.29, 1.82) is 0 Å². The minimum absolute atomic E-state index is 0.129. The van der Waals surface area contributed by atoms with E-state index in [9.17, 15) is 4.79 Å². The Hall–Kier alpha value is -1.72. The molecule has 0 radical (unpaired) electrons. The molecule has 1 aliphatic rings. The molecule has 2 heterocycles. The van der Waals surface area contributed by atoms with E-state index < -0.39 is 0 Å². The smallest absolute Gasteiger partial charge is 0.253 e. The Kier molecular flexibility index (Phi) is 5.54. The van der Waals surface area contributed by atoms with Gasteiger partial charge in [-0.15, -0.1) is 11.3 Å². The molecule has 0 N–H and O–H groups in total. The summed E-state index contributed by atoms with van der Waals surface area (Å²) >= 11 is 1.69. The zero-order valence-corrected chi connectivity index (χ0v) is 16.4. The molecule has 0 aliphatic carbocycles. The number of amides is 1. The number of rotatable bonds is 5. The van der Waals surface area contributed by atoms with Gasteiger partial charge in [0.1, 0.15) is 5.01 Å². The lowest BCUT2D eigenvalue weighted by Gasteiger charge is -2.24. The van der Waals surface area contributed by atoms with E-state index in [-0.39, 0.29) is 5.91 Å². The minimum atomic E-state index is 0.129. The maximum atomic E-state index is 13.0. The highest BCUT2D eigenvalue weighted by Crippen LogP contribution is 2.28. The molecule has 25 heavy (non-hydrogen) atoms. The lowest BCUT2D eigenvalue weighted by atomic mass is 10.1. The summed E-state index contributed by atoms with van der Waals surface area (Å²) < 4.78 is 0. The first-order valence-corrected chi connectivity index (χ1v) is 9.82. The van der Waals surface area contributed by atoms with Gasteiger partial charge in [0.05, 0.1) is 5.69 Å². The SMILES string of the molecule is CCN(CC1CCN(C)C1)C(=O)c1cccc(-c2nc(C)c(C)s2)c1. The first-order valence-electron chi connectivity index (χ1n) is 9.00. The van der Waals surface area contributed by atoms with Gasteiger partial charge in [-0.25, -0.2) is 4.98 Å². The number of benzene rings is 1. The zero-order chi connectivity index (χ0) is 18.0. The Morgan fingerprint density at radius 1 is 1.40 bits per heavy atom. The second kappa shape index (κ2) is 7.67. The second-order valence-corrected chi connectivity index (χ2v) is 8.21. The van der Waals surface area contributed by atoms with Crippen molar-refractivity contribution < 1.29 is 4.79 Å². The maximum absolute atomic E-state index is 13.0. The summed E-state index contributed by atoms with van der Waals surface area (Å²) in [6.45, 7) is 9.99. The van der Waals surface area contributed by atoms with E-state index in [0.29, 0.717) is 5.92 Å². The molecular weight excluding hydrogens is 330 g/mol. The summed E-state index contributed by atoms with van der Waals surface area (Å²) in [7, 11) is 2.15. The lowest BCUT2D eigenvalue weighted by molar-refractivity contribution is 0.0740. The zero-order valence-electron chi connectivity index (χ0n) is 15.6. The number of hydrogen-bond acceptors (Lipinski definition) is 4. The molecule has 0 bridgehead atoms. The van der Waals surface area contributed by atoms with E-state index in [1.807, 2.05) is 36.1 Å². The molecule has 2 aromatic rings. The van der Waals surface area contributed by atoms with E-state index >= 15 is 0 Å². The Bertz CT molecular complexity index is 736. The molecule has 5 heteroatoms. The maximum Gasteiger partial charge on any atom is 0.253 e. The monoisotopic (exact) mass is 357 g/mol. The molecule has 1 aliphatic heterocycles. The highest BCUT2D eigenvalue weighted by atomic mass is 32.1. The Balaban J connectivity index is 1.77. The van der Waals surface area contributed by atoms with Crippen molar-refractivity contribution in [3.05, 3.63) is 40.4 Å². The number of carbonyl (C=O) groups is 1. The third kappa shape index (κ3) is 4.10. The highest BCUT2D eigenvalue weighted by molar-refractivity contribution is 7.15. The van der Waals surface area contributed by atoms with Crippen LogP contribution in [-0.4, -0.2) is 53.9 Å². The molecule has 1 amide bonds. The molecule has 4 nitrogen and oxygen atoms in total. The fourth-order valence-electron chi connectivity index (χ4n) is 3.41. The average molecular weight is 358 g/mol. The number of thiazole rings is 1. The van der Waals surface area contributed by atoms with Crippen LogP contribution >= 0.6 is 11.3 Å². The van der Waals surface area contributed by atoms with Crippen LogP contribution in [0.4, 0.5) is 0 Å². The van der Waals surface area contributed by atoms with Crippen molar-refractivity contribution in [1.82, 2.24) is 14.8 Å². The molecule has 1 atom stereocenters. The molecule has 134 valence electrons. The topological polar surface area (TPSA) is 36.4 Å². The molecular formula is C20H27N3OS. The van der Waals surface area contributed by atoms with Gasteiger partial charge in [-0.05, 0) is 58.8 Å². The molecule has 1 fully saturated rings. The molecule has 1 aromatic carbocycles. The van der Waals surface area contributed by atoms with E-state index in [1.165, 1.54) is 11.3 Å². The van der Waals surface area contributed by atoms with E-state index in [0.717, 1.165) is 48.0 Å². The van der Waals surface area contributed by atoms with Gasteiger partial charge in [-0.2, -0.15) is 0 Å². The quantitative estimate of drug-likeness (QED) is 0.816. The predicted molar refractivity (Wildman–Crippen MR) is 104 cm³/mol. The second-order valence-electron chi connectivity index (χ2n) is 7.00. The van der Waals surface area contributed by atoms with Gasteiger partial charge in [0.2, 0.25) is 0 Å². The summed E-state index contributed by atoms with van der Waals surface area (Å²) in [4.78, 5) is 23.2. The van der Waals surface area contributed by atoms with Crippen LogP contribution < -0.4 is 0 Å². The Morgan fingerprint density at radius 2 is 2.20 bits per heavy atom. The van der Waals surface area contributed by atoms with Crippen molar-refractivity contribution in [2.45, 2.75) is 27.2 Å². The van der Waals surface area contributed by atoms with Crippen LogP contribution in [0.15, 0.2) is 24.3 Å². The van der Waals surface area contributed by atoms with Crippen molar-refractivity contribution in [3.63, 3.8) is 0 Å². The fraction of sp³-hybridized carbons (Fsp3) is 0.500. The van der Waals surface area contributed by atoms with Crippen molar-refractivity contribution in [3.8, 4) is 10.6 Å². The molecule has 0 saturated carbocycles. The summed E-state index contributed by atoms with van der Waals surface area (Å²) in [6, 6.07) is 7.91. The van der Waals surface area contributed by atoms with Gasteiger partial charge in [0.15, 0.2) is 0 Å². The number of nitrogens with zero attached hydrogens (tertiary/aromatic N) is 3. The molecule has 1 aromatic heterocycles. The molecule has 3 rings (SSSR count). The van der Waals surface area contributed by atoms with Crippen LogP contribution in [0, 0.1) is 19.8 Å². The van der Waals surface area contributed by atoms with Gasteiger partial charge in [0, 0.05) is 35.6 Å². The summed E-state index contributed by atoms with van der Waals surface area (Å²) in [5.74, 6) is 0.713. The lowest BCUT2D eigenvalue weighted by Crippen LogP contribution is -2.36. The van der Waals surface area contributed by atoms with Crippen molar-refractivity contribution >= 4 is 17.2 Å². The van der Waals surface area contributed by atoms with Gasteiger partial charge in [0.25, 0.3) is 5.91 Å². The third-order valence-corrected chi connectivity index (χ3v) is 6.14. The van der Waals surface area contributed by atoms with E-state index in [1.54, 1.807) is 11.3 Å². The summed E-state index contributed by atoms with van der Waals surface area (Å²) in [5.41, 5.74) is 2.86. The molecule has 1 unspecified atom stereocenters. The first-order chi connectivity index (χ1) is 12.0. The number of carbonyl (C=O) groups excluding carboxylic acids is 1. The normalized spacial score (nSPS) is 17.8. The van der Waals surface area contributed by atoms with Crippen LogP contribution in [-0.2, 0) is 0 Å². The standard InChI is InChI=1S/C20H27N3OS/c1-5-23(13-16-9-10-22(4)12-16)20(24)18-8-6-7-17(11-18)19-21-14(2)15(3)25-19/h6-8,11,16H,5,9-10,12-13H2,1-4H3. The van der Waals surface area contributed by atoms with Gasteiger partial charge < -0.3 is 9.80 Å². The molecule has 0 spiro atoms. The molecule has 1 saturated heterocycles. The van der Waals surface area contributed by atoms with E-state index in [4.69, 9.17) is 0 Å². The van der Waals surface area contributed by atoms with Gasteiger partial charge >= 0.3 is 0 Å². The van der Waals surface area contributed by atoms with Crippen LogP contribution in [0.2, 0.25) is 0 Å². The van der Waals surface area contributed by atoms with Crippen LogP contribution in [0.5, 0.6) is 0 Å². The minimum Gasteiger partial charge on any atom is -0.339 e. The predicted octanol–water partition coefficient (Wildman–Crippen LogP) is 3.84. The third-order valence-electron chi connectivity index (χ3n) is 5.02. The number of aryl methyl sites for hydroxylation is 2. The van der Waals surface area contributed by atoms with Crippen LogP contribution in [0.25, 0.3) is 10.6 Å². The van der Waals surface area contributed by atoms with Crippen LogP contribution in [0.3, 0.4) is 0 Å². The summed E-state index contributed by atoms with van der Waals surface area (Å²) in [5, 5.41) is 0.991. The van der Waals surface area contributed by atoms with Crippen molar-refractivity contribution in [2.75, 3.05) is 33.2 Å². The van der Waals surface area contributed by atoms with Gasteiger partial charge in [-0.1, -0.05) is 12.1 Å². The highest BCUT2D eigenvalue weighted by Gasteiger charge is 2.24. The average Bonchev–Trinajstić information content (AvgIpc) is 3.17. The number of aromatic nitrogens is 1.